The van der Waals surface area contributed by atoms with Crippen LogP contribution >= 0.6 is 0 Å². The Morgan fingerprint density at radius 1 is 1.31 bits per heavy atom. The molecule has 0 radical (unpaired) electrons. The molecule has 1 aliphatic heterocycles. The lowest BCUT2D eigenvalue weighted by Gasteiger charge is -2.37. The number of anilines is 1. The highest BCUT2D eigenvalue weighted by Crippen LogP contribution is 2.51. The maximum Gasteiger partial charge on any atom is 0.321 e. The van der Waals surface area contributed by atoms with Gasteiger partial charge in [-0.2, -0.15) is 0 Å². The number of halogens is 1. The standard InChI is InChI=1S/C22H30FN5O/c1-3-12-27-15-24-26-20(27)17-13-28(14-22(17)10-5-4-6-11-22)21(29)25-19-9-7-8-18(23)16(19)2/h7-9,15,17H,3-6,10-14H2,1-2H3,(H,25,29). The fourth-order valence-corrected chi connectivity index (χ4v) is 5.13. The number of nitrogens with one attached hydrogen (secondary N) is 1. The second kappa shape index (κ2) is 8.13. The number of benzene rings is 1. The van der Waals surface area contributed by atoms with Crippen molar-refractivity contribution in [2.24, 2.45) is 5.41 Å². The molecule has 0 bridgehead atoms. The predicted molar refractivity (Wildman–Crippen MR) is 110 cm³/mol. The second-order valence-electron chi connectivity index (χ2n) is 8.58. The maximum atomic E-state index is 13.9. The van der Waals surface area contributed by atoms with Gasteiger partial charge in [0.2, 0.25) is 0 Å². The molecule has 1 aliphatic carbocycles. The van der Waals surface area contributed by atoms with Crippen molar-refractivity contribution in [3.8, 4) is 0 Å². The summed E-state index contributed by atoms with van der Waals surface area (Å²) >= 11 is 0. The number of carbonyl (C=O) groups is 1. The third kappa shape index (κ3) is 3.74. The van der Waals surface area contributed by atoms with Crippen molar-refractivity contribution in [1.82, 2.24) is 19.7 Å². The molecule has 4 rings (SSSR count). The number of urea groups is 1. The monoisotopic (exact) mass is 399 g/mol. The molecule has 2 aromatic rings. The molecule has 1 spiro atoms. The molecule has 7 heteroatoms. The van der Waals surface area contributed by atoms with E-state index in [1.807, 2.05) is 11.2 Å². The lowest BCUT2D eigenvalue weighted by molar-refractivity contribution is 0.167. The van der Waals surface area contributed by atoms with Crippen molar-refractivity contribution in [2.75, 3.05) is 18.4 Å². The molecule has 29 heavy (non-hydrogen) atoms. The zero-order chi connectivity index (χ0) is 20.4. The Labute approximate surface area is 171 Å². The van der Waals surface area contributed by atoms with E-state index < -0.39 is 0 Å². The summed E-state index contributed by atoms with van der Waals surface area (Å²) in [6.45, 7) is 6.08. The summed E-state index contributed by atoms with van der Waals surface area (Å²) in [6.07, 6.45) is 8.69. The van der Waals surface area contributed by atoms with Gasteiger partial charge in [0.15, 0.2) is 0 Å². The van der Waals surface area contributed by atoms with Crippen LogP contribution in [-0.2, 0) is 6.54 Å². The van der Waals surface area contributed by atoms with Crippen LogP contribution in [0.4, 0.5) is 14.9 Å². The predicted octanol–water partition coefficient (Wildman–Crippen LogP) is 4.72. The first-order valence-electron chi connectivity index (χ1n) is 10.7. The SMILES string of the molecule is CCCn1cnnc1C1CN(C(=O)Nc2cccc(F)c2C)CC12CCCCC2. The number of hydrogen-bond donors (Lipinski definition) is 1. The van der Waals surface area contributed by atoms with E-state index >= 15 is 0 Å². The van der Waals surface area contributed by atoms with E-state index in [9.17, 15) is 9.18 Å². The van der Waals surface area contributed by atoms with Crippen molar-refractivity contribution in [3.05, 3.63) is 41.7 Å². The van der Waals surface area contributed by atoms with Crippen molar-refractivity contribution >= 4 is 11.7 Å². The van der Waals surface area contributed by atoms with Crippen LogP contribution in [0.5, 0.6) is 0 Å². The molecule has 2 aliphatic rings. The van der Waals surface area contributed by atoms with Crippen molar-refractivity contribution in [3.63, 3.8) is 0 Å². The number of likely N-dealkylation sites (tertiary alicyclic amines) is 1. The Kier molecular flexibility index (Phi) is 5.56. The first kappa shape index (κ1) is 19.9. The molecule has 1 atom stereocenters. The minimum Gasteiger partial charge on any atom is -0.323 e. The molecule has 1 aromatic carbocycles. The molecule has 2 amide bonds. The Balaban J connectivity index is 1.59. The highest BCUT2D eigenvalue weighted by Gasteiger charge is 2.50. The first-order chi connectivity index (χ1) is 14.0. The van der Waals surface area contributed by atoms with E-state index in [4.69, 9.17) is 0 Å². The lowest BCUT2D eigenvalue weighted by Crippen LogP contribution is -2.36. The van der Waals surface area contributed by atoms with Crippen LogP contribution in [-0.4, -0.2) is 38.8 Å². The quantitative estimate of drug-likeness (QED) is 0.809. The molecule has 2 fully saturated rings. The highest BCUT2D eigenvalue weighted by atomic mass is 19.1. The molecule has 1 aromatic heterocycles. The van der Waals surface area contributed by atoms with Crippen LogP contribution in [0.2, 0.25) is 0 Å². The zero-order valence-corrected chi connectivity index (χ0v) is 17.3. The zero-order valence-electron chi connectivity index (χ0n) is 17.3. The van der Waals surface area contributed by atoms with E-state index in [1.54, 1.807) is 19.1 Å². The summed E-state index contributed by atoms with van der Waals surface area (Å²) in [5.74, 6) is 0.890. The summed E-state index contributed by atoms with van der Waals surface area (Å²) in [5, 5.41) is 11.6. The molecule has 6 nitrogen and oxygen atoms in total. The van der Waals surface area contributed by atoms with Crippen LogP contribution < -0.4 is 5.32 Å². The van der Waals surface area contributed by atoms with Crippen LogP contribution in [0, 0.1) is 18.2 Å². The van der Waals surface area contributed by atoms with Gasteiger partial charge >= 0.3 is 6.03 Å². The maximum absolute atomic E-state index is 13.9. The smallest absolute Gasteiger partial charge is 0.321 e. The van der Waals surface area contributed by atoms with Gasteiger partial charge in [-0.1, -0.05) is 32.3 Å². The van der Waals surface area contributed by atoms with Gasteiger partial charge in [-0.25, -0.2) is 9.18 Å². The molecule has 1 N–H and O–H groups in total. The number of nitrogens with zero attached hydrogens (tertiary/aromatic N) is 4. The van der Waals surface area contributed by atoms with E-state index in [0.29, 0.717) is 17.8 Å². The largest absolute Gasteiger partial charge is 0.323 e. The number of amides is 2. The van der Waals surface area contributed by atoms with E-state index in [1.165, 1.54) is 25.3 Å². The second-order valence-corrected chi connectivity index (χ2v) is 8.58. The number of rotatable bonds is 4. The molecule has 156 valence electrons. The van der Waals surface area contributed by atoms with Crippen molar-refractivity contribution in [2.45, 2.75) is 64.8 Å². The van der Waals surface area contributed by atoms with Gasteiger partial charge in [0.1, 0.15) is 18.0 Å². The van der Waals surface area contributed by atoms with Gasteiger partial charge in [0, 0.05) is 36.8 Å². The topological polar surface area (TPSA) is 63.1 Å². The molecule has 1 saturated carbocycles. The molecular formula is C22H30FN5O. The normalized spacial score (nSPS) is 20.9. The highest BCUT2D eigenvalue weighted by molar-refractivity contribution is 5.90. The number of hydrogen-bond acceptors (Lipinski definition) is 3. The van der Waals surface area contributed by atoms with E-state index in [0.717, 1.165) is 38.2 Å². The number of aromatic nitrogens is 3. The summed E-state index contributed by atoms with van der Waals surface area (Å²) in [6, 6.07) is 4.63. The van der Waals surface area contributed by atoms with Gasteiger partial charge in [-0.3, -0.25) is 0 Å². The fourth-order valence-electron chi connectivity index (χ4n) is 5.13. The van der Waals surface area contributed by atoms with Gasteiger partial charge in [0.25, 0.3) is 0 Å². The Hall–Kier alpha value is -2.44. The molecule has 2 heterocycles. The summed E-state index contributed by atoms with van der Waals surface area (Å²) in [7, 11) is 0. The average Bonchev–Trinajstić information content (AvgIpc) is 3.31. The Bertz CT molecular complexity index is 874. The number of aryl methyl sites for hydroxylation is 1. The van der Waals surface area contributed by atoms with Crippen LogP contribution in [0.1, 0.15) is 62.8 Å². The summed E-state index contributed by atoms with van der Waals surface area (Å²) < 4.78 is 16.0. The van der Waals surface area contributed by atoms with Crippen molar-refractivity contribution in [1.29, 1.82) is 0 Å². The van der Waals surface area contributed by atoms with E-state index in [-0.39, 0.29) is 23.2 Å². The van der Waals surface area contributed by atoms with Gasteiger partial charge in [0.05, 0.1) is 0 Å². The third-order valence-electron chi connectivity index (χ3n) is 6.72. The van der Waals surface area contributed by atoms with Crippen LogP contribution in [0.25, 0.3) is 0 Å². The number of carbonyl (C=O) groups excluding carboxylic acids is 1. The van der Waals surface area contributed by atoms with Crippen LogP contribution in [0.3, 0.4) is 0 Å². The molecular weight excluding hydrogens is 369 g/mol. The molecule has 1 unspecified atom stereocenters. The Morgan fingerprint density at radius 2 is 2.10 bits per heavy atom. The Morgan fingerprint density at radius 3 is 2.86 bits per heavy atom. The minimum atomic E-state index is -0.307. The first-order valence-corrected chi connectivity index (χ1v) is 10.7. The third-order valence-corrected chi connectivity index (χ3v) is 6.72. The van der Waals surface area contributed by atoms with Gasteiger partial charge < -0.3 is 14.8 Å². The van der Waals surface area contributed by atoms with Gasteiger partial charge in [-0.15, -0.1) is 10.2 Å². The lowest BCUT2D eigenvalue weighted by atomic mass is 9.67. The minimum absolute atomic E-state index is 0.0606. The summed E-state index contributed by atoms with van der Waals surface area (Å²) in [4.78, 5) is 15.0. The molecule has 1 saturated heterocycles. The van der Waals surface area contributed by atoms with Crippen molar-refractivity contribution < 1.29 is 9.18 Å². The van der Waals surface area contributed by atoms with Crippen LogP contribution in [0.15, 0.2) is 24.5 Å². The fraction of sp³-hybridized carbons (Fsp3) is 0.591. The van der Waals surface area contributed by atoms with Gasteiger partial charge in [-0.05, 0) is 43.7 Å². The summed E-state index contributed by atoms with van der Waals surface area (Å²) in [5.41, 5.74) is 1.06. The average molecular weight is 400 g/mol. The van der Waals surface area contributed by atoms with E-state index in [2.05, 4.69) is 27.0 Å².